The van der Waals surface area contributed by atoms with Gasteiger partial charge in [-0.05, 0) is 42.7 Å². The third-order valence-electron chi connectivity index (χ3n) is 3.95. The zero-order valence-electron chi connectivity index (χ0n) is 16.1. The van der Waals surface area contributed by atoms with Crippen molar-refractivity contribution in [1.82, 2.24) is 14.8 Å². The fourth-order valence-electron chi connectivity index (χ4n) is 2.66. The molecule has 27 heavy (non-hydrogen) atoms. The molecule has 3 aromatic rings. The SMILES string of the molecule is CC(=O)Nc1ccc(-n2nc(OCC(C)C)nc2-c2ccccc2C)cc1. The van der Waals surface area contributed by atoms with Crippen molar-refractivity contribution < 1.29 is 9.53 Å². The summed E-state index contributed by atoms with van der Waals surface area (Å²) in [6, 6.07) is 15.9. The maximum absolute atomic E-state index is 11.2. The molecule has 0 aliphatic carbocycles. The molecule has 0 radical (unpaired) electrons. The van der Waals surface area contributed by atoms with Gasteiger partial charge in [0.05, 0.1) is 12.3 Å². The zero-order chi connectivity index (χ0) is 19.4. The van der Waals surface area contributed by atoms with Crippen LogP contribution in [0.1, 0.15) is 26.3 Å². The van der Waals surface area contributed by atoms with Gasteiger partial charge in [0, 0.05) is 18.2 Å². The Labute approximate surface area is 159 Å². The van der Waals surface area contributed by atoms with Gasteiger partial charge in [-0.2, -0.15) is 4.98 Å². The van der Waals surface area contributed by atoms with Crippen LogP contribution in [0.15, 0.2) is 48.5 Å². The highest BCUT2D eigenvalue weighted by molar-refractivity contribution is 5.88. The summed E-state index contributed by atoms with van der Waals surface area (Å²) in [5.74, 6) is 1.00. The number of aromatic nitrogens is 3. The second-order valence-corrected chi connectivity index (χ2v) is 6.88. The number of aryl methyl sites for hydroxylation is 1. The van der Waals surface area contributed by atoms with Crippen LogP contribution in [0.25, 0.3) is 17.1 Å². The van der Waals surface area contributed by atoms with Gasteiger partial charge >= 0.3 is 6.01 Å². The van der Waals surface area contributed by atoms with Crippen LogP contribution in [0.4, 0.5) is 5.69 Å². The predicted octanol–water partition coefficient (Wildman–Crippen LogP) is 4.24. The number of amides is 1. The van der Waals surface area contributed by atoms with Crippen LogP contribution in [0.3, 0.4) is 0 Å². The third kappa shape index (κ3) is 4.53. The first-order chi connectivity index (χ1) is 12.9. The van der Waals surface area contributed by atoms with Gasteiger partial charge in [-0.3, -0.25) is 4.79 Å². The number of ether oxygens (including phenoxy) is 1. The van der Waals surface area contributed by atoms with E-state index in [9.17, 15) is 4.79 Å². The third-order valence-corrected chi connectivity index (χ3v) is 3.95. The first kappa shape index (κ1) is 18.6. The van der Waals surface area contributed by atoms with Crippen LogP contribution in [0, 0.1) is 12.8 Å². The Morgan fingerprint density at radius 1 is 1.15 bits per heavy atom. The summed E-state index contributed by atoms with van der Waals surface area (Å²) in [4.78, 5) is 15.8. The van der Waals surface area contributed by atoms with Gasteiger partial charge in [-0.1, -0.05) is 38.1 Å². The Bertz CT molecular complexity index is 930. The summed E-state index contributed by atoms with van der Waals surface area (Å²) in [6.45, 7) is 8.25. The first-order valence-corrected chi connectivity index (χ1v) is 8.98. The van der Waals surface area contributed by atoms with Gasteiger partial charge in [0.15, 0.2) is 5.82 Å². The summed E-state index contributed by atoms with van der Waals surface area (Å²) in [5.41, 5.74) is 3.68. The van der Waals surface area contributed by atoms with Gasteiger partial charge < -0.3 is 10.1 Å². The highest BCUT2D eigenvalue weighted by atomic mass is 16.5. The Balaban J connectivity index is 2.02. The largest absolute Gasteiger partial charge is 0.462 e. The Morgan fingerprint density at radius 3 is 2.48 bits per heavy atom. The lowest BCUT2D eigenvalue weighted by atomic mass is 10.1. The Morgan fingerprint density at radius 2 is 1.85 bits per heavy atom. The molecule has 0 unspecified atom stereocenters. The summed E-state index contributed by atoms with van der Waals surface area (Å²) in [6.07, 6.45) is 0. The number of carbonyl (C=O) groups excluding carboxylic acids is 1. The van der Waals surface area contributed by atoms with Crippen molar-refractivity contribution in [1.29, 1.82) is 0 Å². The van der Waals surface area contributed by atoms with Crippen molar-refractivity contribution >= 4 is 11.6 Å². The van der Waals surface area contributed by atoms with Crippen molar-refractivity contribution in [2.24, 2.45) is 5.92 Å². The number of hydrogen-bond donors (Lipinski definition) is 1. The second kappa shape index (κ2) is 8.03. The van der Waals surface area contributed by atoms with Gasteiger partial charge in [-0.15, -0.1) is 5.10 Å². The smallest absolute Gasteiger partial charge is 0.336 e. The van der Waals surface area contributed by atoms with E-state index in [1.807, 2.05) is 55.5 Å². The number of rotatable bonds is 6. The van der Waals surface area contributed by atoms with Crippen LogP contribution in [0.5, 0.6) is 6.01 Å². The minimum atomic E-state index is -0.103. The van der Waals surface area contributed by atoms with Crippen molar-refractivity contribution in [3.63, 3.8) is 0 Å². The summed E-state index contributed by atoms with van der Waals surface area (Å²) < 4.78 is 7.52. The highest BCUT2D eigenvalue weighted by Gasteiger charge is 2.16. The molecule has 3 rings (SSSR count). The van der Waals surface area contributed by atoms with E-state index < -0.39 is 0 Å². The molecule has 0 fully saturated rings. The van der Waals surface area contributed by atoms with E-state index in [1.165, 1.54) is 6.92 Å². The van der Waals surface area contributed by atoms with E-state index in [1.54, 1.807) is 4.68 Å². The molecule has 1 amide bonds. The van der Waals surface area contributed by atoms with E-state index in [0.29, 0.717) is 18.5 Å². The molecular formula is C21H24N4O2. The molecule has 0 aliphatic heterocycles. The standard InChI is InChI=1S/C21H24N4O2/c1-14(2)13-27-21-23-20(19-8-6-5-7-15(19)3)25(24-21)18-11-9-17(10-12-18)22-16(4)26/h5-12,14H,13H2,1-4H3,(H,22,26). The fourth-order valence-corrected chi connectivity index (χ4v) is 2.66. The van der Waals surface area contributed by atoms with E-state index in [0.717, 1.165) is 28.3 Å². The molecule has 140 valence electrons. The van der Waals surface area contributed by atoms with E-state index in [4.69, 9.17) is 4.74 Å². The Kier molecular flexibility index (Phi) is 5.54. The monoisotopic (exact) mass is 364 g/mol. The summed E-state index contributed by atoms with van der Waals surface area (Å²) in [5, 5.41) is 7.32. The maximum Gasteiger partial charge on any atom is 0.336 e. The second-order valence-electron chi connectivity index (χ2n) is 6.88. The normalized spacial score (nSPS) is 10.9. The fraction of sp³-hybridized carbons (Fsp3) is 0.286. The zero-order valence-corrected chi connectivity index (χ0v) is 16.1. The quantitative estimate of drug-likeness (QED) is 0.710. The molecule has 0 spiro atoms. The molecule has 2 aromatic carbocycles. The van der Waals surface area contributed by atoms with Crippen LogP contribution >= 0.6 is 0 Å². The lowest BCUT2D eigenvalue weighted by molar-refractivity contribution is -0.114. The van der Waals surface area contributed by atoms with Gasteiger partial charge in [0.2, 0.25) is 5.91 Å². The Hall–Kier alpha value is -3.15. The predicted molar refractivity (Wildman–Crippen MR) is 106 cm³/mol. The molecular weight excluding hydrogens is 340 g/mol. The average molecular weight is 364 g/mol. The van der Waals surface area contributed by atoms with Crippen LogP contribution < -0.4 is 10.1 Å². The maximum atomic E-state index is 11.2. The van der Waals surface area contributed by atoms with Gasteiger partial charge in [0.1, 0.15) is 0 Å². The van der Waals surface area contributed by atoms with Gasteiger partial charge in [-0.25, -0.2) is 4.68 Å². The lowest BCUT2D eigenvalue weighted by Crippen LogP contribution is -2.07. The topological polar surface area (TPSA) is 69.0 Å². The number of anilines is 1. The van der Waals surface area contributed by atoms with Crippen molar-refractivity contribution in [3.05, 3.63) is 54.1 Å². The summed E-state index contributed by atoms with van der Waals surface area (Å²) in [7, 11) is 0. The average Bonchev–Trinajstić information content (AvgIpc) is 3.04. The van der Waals surface area contributed by atoms with Crippen molar-refractivity contribution in [2.75, 3.05) is 11.9 Å². The highest BCUT2D eigenvalue weighted by Crippen LogP contribution is 2.27. The number of nitrogens with one attached hydrogen (secondary N) is 1. The van der Waals surface area contributed by atoms with E-state index in [2.05, 4.69) is 29.2 Å². The molecule has 6 heteroatoms. The van der Waals surface area contributed by atoms with Crippen LogP contribution in [0.2, 0.25) is 0 Å². The van der Waals surface area contributed by atoms with Crippen LogP contribution in [-0.2, 0) is 4.79 Å². The van der Waals surface area contributed by atoms with E-state index >= 15 is 0 Å². The number of benzene rings is 2. The molecule has 0 atom stereocenters. The summed E-state index contributed by atoms with van der Waals surface area (Å²) >= 11 is 0. The number of carbonyl (C=O) groups is 1. The van der Waals surface area contributed by atoms with E-state index in [-0.39, 0.29) is 5.91 Å². The molecule has 1 aromatic heterocycles. The van der Waals surface area contributed by atoms with Crippen molar-refractivity contribution in [2.45, 2.75) is 27.7 Å². The lowest BCUT2D eigenvalue weighted by Gasteiger charge is -2.09. The molecule has 6 nitrogen and oxygen atoms in total. The first-order valence-electron chi connectivity index (χ1n) is 8.98. The van der Waals surface area contributed by atoms with Crippen molar-refractivity contribution in [3.8, 4) is 23.1 Å². The molecule has 0 bridgehead atoms. The molecule has 0 saturated carbocycles. The van der Waals surface area contributed by atoms with Gasteiger partial charge in [0.25, 0.3) is 0 Å². The minimum absolute atomic E-state index is 0.103. The molecule has 1 heterocycles. The van der Waals surface area contributed by atoms with Crippen LogP contribution in [-0.4, -0.2) is 27.3 Å². The number of nitrogens with zero attached hydrogens (tertiary/aromatic N) is 3. The minimum Gasteiger partial charge on any atom is -0.462 e. The number of hydrogen-bond acceptors (Lipinski definition) is 4. The molecule has 1 N–H and O–H groups in total. The molecule has 0 aliphatic rings. The molecule has 0 saturated heterocycles.